The van der Waals surface area contributed by atoms with Crippen LogP contribution >= 0.6 is 12.4 Å². The lowest BCUT2D eigenvalue weighted by molar-refractivity contribution is 0.0933. The Hall–Kier alpha value is -1.17. The summed E-state index contributed by atoms with van der Waals surface area (Å²) >= 11 is 0. The first-order valence-electron chi connectivity index (χ1n) is 6.99. The number of carbonyl (C=O) groups is 1. The normalized spacial score (nSPS) is 15.3. The molecule has 0 aliphatic carbocycles. The zero-order chi connectivity index (χ0) is 14.4. The number of carbonyl (C=O) groups excluding carboxylic acids is 1. The van der Waals surface area contributed by atoms with Gasteiger partial charge in [-0.25, -0.2) is 4.39 Å². The predicted octanol–water partition coefficient (Wildman–Crippen LogP) is 2.09. The number of nitrogens with one attached hydrogen (secondary N) is 2. The van der Waals surface area contributed by atoms with E-state index in [-0.39, 0.29) is 23.9 Å². The Balaban J connectivity index is 0.00000220. The molecule has 1 aliphatic heterocycles. The molecule has 0 radical (unpaired) electrons. The molecule has 1 fully saturated rings. The first-order valence-corrected chi connectivity index (χ1v) is 6.99. The highest BCUT2D eigenvalue weighted by molar-refractivity contribution is 5.94. The lowest BCUT2D eigenvalue weighted by atomic mass is 9.89. The summed E-state index contributed by atoms with van der Waals surface area (Å²) in [7, 11) is 1.56. The van der Waals surface area contributed by atoms with Crippen molar-refractivity contribution in [2.75, 3.05) is 33.4 Å². The van der Waals surface area contributed by atoms with Gasteiger partial charge in [0, 0.05) is 13.7 Å². The van der Waals surface area contributed by atoms with Gasteiger partial charge < -0.3 is 15.4 Å². The van der Waals surface area contributed by atoms with Crippen LogP contribution in [-0.2, 0) is 4.74 Å². The molecule has 0 saturated carbocycles. The van der Waals surface area contributed by atoms with Crippen LogP contribution in [0.2, 0.25) is 0 Å². The molecule has 1 aromatic rings. The van der Waals surface area contributed by atoms with Gasteiger partial charge in [0.2, 0.25) is 0 Å². The molecule has 2 rings (SSSR count). The Morgan fingerprint density at radius 2 is 2.14 bits per heavy atom. The molecule has 21 heavy (non-hydrogen) atoms. The predicted molar refractivity (Wildman–Crippen MR) is 82.7 cm³/mol. The third kappa shape index (κ3) is 4.95. The van der Waals surface area contributed by atoms with Crippen molar-refractivity contribution in [1.82, 2.24) is 10.6 Å². The summed E-state index contributed by atoms with van der Waals surface area (Å²) in [6.07, 6.45) is 2.05. The fraction of sp³-hybridized carbons (Fsp3) is 0.533. The molecule has 4 nitrogen and oxygen atoms in total. The molecular formula is C15H22ClFN2O2. The topological polar surface area (TPSA) is 50.4 Å². The quantitative estimate of drug-likeness (QED) is 0.818. The van der Waals surface area contributed by atoms with E-state index in [0.717, 1.165) is 31.5 Å². The third-order valence-electron chi connectivity index (χ3n) is 3.64. The lowest BCUT2D eigenvalue weighted by Crippen LogP contribution is -2.29. The van der Waals surface area contributed by atoms with Gasteiger partial charge in [0.15, 0.2) is 0 Å². The van der Waals surface area contributed by atoms with Crippen LogP contribution in [0.1, 0.15) is 34.7 Å². The smallest absolute Gasteiger partial charge is 0.254 e. The third-order valence-corrected chi connectivity index (χ3v) is 3.64. The van der Waals surface area contributed by atoms with Crippen molar-refractivity contribution in [2.45, 2.75) is 18.8 Å². The van der Waals surface area contributed by atoms with E-state index in [1.165, 1.54) is 6.07 Å². The summed E-state index contributed by atoms with van der Waals surface area (Å²) < 4.78 is 18.7. The molecule has 0 spiro atoms. The molecule has 1 saturated heterocycles. The Bertz CT molecular complexity index is 465. The molecular weight excluding hydrogens is 295 g/mol. The molecule has 6 heteroatoms. The van der Waals surface area contributed by atoms with Gasteiger partial charge in [-0.15, -0.1) is 12.4 Å². The van der Waals surface area contributed by atoms with Gasteiger partial charge in [0.05, 0.1) is 12.2 Å². The van der Waals surface area contributed by atoms with Gasteiger partial charge in [-0.3, -0.25) is 4.79 Å². The van der Waals surface area contributed by atoms with Crippen LogP contribution in [0.4, 0.5) is 4.39 Å². The van der Waals surface area contributed by atoms with Crippen LogP contribution < -0.4 is 10.6 Å². The number of methoxy groups -OCH3 is 1. The van der Waals surface area contributed by atoms with Gasteiger partial charge in [-0.1, -0.05) is 6.07 Å². The number of halogens is 2. The largest absolute Gasteiger partial charge is 0.383 e. The summed E-state index contributed by atoms with van der Waals surface area (Å²) in [4.78, 5) is 12.0. The summed E-state index contributed by atoms with van der Waals surface area (Å²) in [5.41, 5.74) is 1.17. The van der Waals surface area contributed by atoms with Crippen molar-refractivity contribution >= 4 is 18.3 Å². The average molecular weight is 317 g/mol. The summed E-state index contributed by atoms with van der Waals surface area (Å²) in [5.74, 6) is -0.449. The van der Waals surface area contributed by atoms with Gasteiger partial charge in [-0.05, 0) is 49.5 Å². The first-order chi connectivity index (χ1) is 9.72. The highest BCUT2D eigenvalue weighted by Crippen LogP contribution is 2.26. The second kappa shape index (κ2) is 8.97. The van der Waals surface area contributed by atoms with E-state index >= 15 is 0 Å². The van der Waals surface area contributed by atoms with Crippen molar-refractivity contribution < 1.29 is 13.9 Å². The number of piperidine rings is 1. The fourth-order valence-corrected chi connectivity index (χ4v) is 2.49. The van der Waals surface area contributed by atoms with Crippen LogP contribution in [0.5, 0.6) is 0 Å². The highest BCUT2D eigenvalue weighted by atomic mass is 35.5. The Labute approximate surface area is 130 Å². The molecule has 0 atom stereocenters. The monoisotopic (exact) mass is 316 g/mol. The molecule has 0 bridgehead atoms. The minimum absolute atomic E-state index is 0. The molecule has 1 aliphatic rings. The maximum Gasteiger partial charge on any atom is 0.254 e. The van der Waals surface area contributed by atoms with Crippen LogP contribution in [-0.4, -0.2) is 39.3 Å². The maximum absolute atomic E-state index is 13.8. The minimum atomic E-state index is -0.474. The maximum atomic E-state index is 13.8. The number of ether oxygens (including phenoxy) is 1. The summed E-state index contributed by atoms with van der Waals surface area (Å²) in [6.45, 7) is 2.74. The highest BCUT2D eigenvalue weighted by Gasteiger charge is 2.18. The minimum Gasteiger partial charge on any atom is -0.383 e. The Morgan fingerprint density at radius 1 is 1.43 bits per heavy atom. The van der Waals surface area contributed by atoms with Gasteiger partial charge in [-0.2, -0.15) is 0 Å². The number of rotatable bonds is 5. The molecule has 118 valence electrons. The standard InChI is InChI=1S/C15H21FN2O2.ClH/c1-20-9-8-18-15(19)13-10-12(2-3-14(13)16)11-4-6-17-7-5-11;/h2-3,10-11,17H,4-9H2,1H3,(H,18,19);1H. The van der Waals surface area contributed by atoms with E-state index in [0.29, 0.717) is 19.1 Å². The van der Waals surface area contributed by atoms with Gasteiger partial charge in [0.1, 0.15) is 5.82 Å². The van der Waals surface area contributed by atoms with Crippen LogP contribution in [0.15, 0.2) is 18.2 Å². The fourth-order valence-electron chi connectivity index (χ4n) is 2.49. The van der Waals surface area contributed by atoms with Crippen molar-refractivity contribution in [3.05, 3.63) is 35.1 Å². The van der Waals surface area contributed by atoms with E-state index in [1.54, 1.807) is 19.2 Å². The Morgan fingerprint density at radius 3 is 2.81 bits per heavy atom. The molecule has 1 amide bonds. The van der Waals surface area contributed by atoms with E-state index in [1.807, 2.05) is 0 Å². The van der Waals surface area contributed by atoms with Gasteiger partial charge in [0.25, 0.3) is 5.91 Å². The Kier molecular flexibility index (Phi) is 7.64. The summed E-state index contributed by atoms with van der Waals surface area (Å²) in [6, 6.07) is 4.87. The number of hydrogen-bond donors (Lipinski definition) is 2. The van der Waals surface area contributed by atoms with Crippen molar-refractivity contribution in [3.63, 3.8) is 0 Å². The second-order valence-electron chi connectivity index (χ2n) is 5.01. The average Bonchev–Trinajstić information content (AvgIpc) is 2.49. The van der Waals surface area contributed by atoms with Crippen molar-refractivity contribution in [3.8, 4) is 0 Å². The molecule has 0 aromatic heterocycles. The van der Waals surface area contributed by atoms with E-state index < -0.39 is 5.82 Å². The first kappa shape index (κ1) is 17.9. The van der Waals surface area contributed by atoms with Gasteiger partial charge >= 0.3 is 0 Å². The molecule has 1 aromatic carbocycles. The zero-order valence-electron chi connectivity index (χ0n) is 12.2. The molecule has 0 unspecified atom stereocenters. The zero-order valence-corrected chi connectivity index (χ0v) is 13.0. The van der Waals surface area contributed by atoms with Crippen LogP contribution in [0, 0.1) is 5.82 Å². The van der Waals surface area contributed by atoms with Crippen molar-refractivity contribution in [2.24, 2.45) is 0 Å². The van der Waals surface area contributed by atoms with Crippen LogP contribution in [0.3, 0.4) is 0 Å². The van der Waals surface area contributed by atoms with E-state index in [9.17, 15) is 9.18 Å². The number of amides is 1. The number of hydrogen-bond acceptors (Lipinski definition) is 3. The second-order valence-corrected chi connectivity index (χ2v) is 5.01. The molecule has 1 heterocycles. The van der Waals surface area contributed by atoms with E-state index in [4.69, 9.17) is 4.74 Å². The van der Waals surface area contributed by atoms with Crippen molar-refractivity contribution in [1.29, 1.82) is 0 Å². The number of benzene rings is 1. The lowest BCUT2D eigenvalue weighted by Gasteiger charge is -2.23. The van der Waals surface area contributed by atoms with Crippen LogP contribution in [0.25, 0.3) is 0 Å². The SMILES string of the molecule is COCCNC(=O)c1cc(C2CCNCC2)ccc1F.Cl. The molecule has 2 N–H and O–H groups in total. The summed E-state index contributed by atoms with van der Waals surface area (Å²) in [5, 5.41) is 5.95. The van der Waals surface area contributed by atoms with E-state index in [2.05, 4.69) is 10.6 Å².